The number of hydrogen-bond donors (Lipinski definition) is 2. The quantitative estimate of drug-likeness (QED) is 0.809. The predicted octanol–water partition coefficient (Wildman–Crippen LogP) is -0.107. The minimum absolute atomic E-state index is 0.0500. The molecule has 0 amide bonds. The number of hydrogen-bond acceptors (Lipinski definition) is 5. The average Bonchev–Trinajstić information content (AvgIpc) is 2.68. The Morgan fingerprint density at radius 2 is 2.21 bits per heavy atom. The van der Waals surface area contributed by atoms with E-state index in [1.54, 1.807) is 0 Å². The zero-order valence-electron chi connectivity index (χ0n) is 10.5. The molecule has 1 aromatic heterocycles. The first-order valence-electron chi connectivity index (χ1n) is 5.81. The second kappa shape index (κ2) is 5.37. The van der Waals surface area contributed by atoms with Gasteiger partial charge in [0.2, 0.25) is 0 Å². The SMILES string of the molecule is Cn1ncc(Cl)c1S(=O)(=O)NCC1(O)CCOCC1. The van der Waals surface area contributed by atoms with Crippen LogP contribution in [-0.2, 0) is 21.8 Å². The largest absolute Gasteiger partial charge is 0.388 e. The van der Waals surface area contributed by atoms with E-state index >= 15 is 0 Å². The standard InChI is InChI=1S/C10H16ClN3O4S/c1-14-9(8(11)6-12-14)19(16,17)13-7-10(15)2-4-18-5-3-10/h6,13,15H,2-5,7H2,1H3. The van der Waals surface area contributed by atoms with E-state index in [2.05, 4.69) is 9.82 Å². The van der Waals surface area contributed by atoms with Crippen LogP contribution in [0, 0.1) is 0 Å². The molecule has 19 heavy (non-hydrogen) atoms. The molecule has 1 fully saturated rings. The number of nitrogens with one attached hydrogen (secondary N) is 1. The molecule has 2 rings (SSSR count). The van der Waals surface area contributed by atoms with Crippen molar-refractivity contribution in [3.05, 3.63) is 11.2 Å². The minimum atomic E-state index is -3.80. The molecule has 1 saturated heterocycles. The van der Waals surface area contributed by atoms with Gasteiger partial charge in [-0.2, -0.15) is 5.10 Å². The van der Waals surface area contributed by atoms with Gasteiger partial charge in [0, 0.05) is 39.6 Å². The maximum atomic E-state index is 12.1. The average molecular weight is 310 g/mol. The minimum Gasteiger partial charge on any atom is -0.388 e. The van der Waals surface area contributed by atoms with Crippen LogP contribution in [0.4, 0.5) is 0 Å². The van der Waals surface area contributed by atoms with E-state index in [1.807, 2.05) is 0 Å². The molecule has 0 unspecified atom stereocenters. The van der Waals surface area contributed by atoms with Gasteiger partial charge in [0.1, 0.15) is 0 Å². The van der Waals surface area contributed by atoms with Gasteiger partial charge in [-0.3, -0.25) is 4.68 Å². The molecular formula is C10H16ClN3O4S. The fraction of sp³-hybridized carbons (Fsp3) is 0.700. The number of rotatable bonds is 4. The van der Waals surface area contributed by atoms with Crippen molar-refractivity contribution in [2.75, 3.05) is 19.8 Å². The summed E-state index contributed by atoms with van der Waals surface area (Å²) in [6.07, 6.45) is 2.06. The summed E-state index contributed by atoms with van der Waals surface area (Å²) in [7, 11) is -2.31. The second-order valence-electron chi connectivity index (χ2n) is 4.58. The van der Waals surface area contributed by atoms with E-state index in [4.69, 9.17) is 16.3 Å². The summed E-state index contributed by atoms with van der Waals surface area (Å²) in [5.41, 5.74) is -1.07. The van der Waals surface area contributed by atoms with Crippen molar-refractivity contribution in [2.45, 2.75) is 23.5 Å². The first-order valence-corrected chi connectivity index (χ1v) is 7.67. The van der Waals surface area contributed by atoms with Gasteiger partial charge in [-0.1, -0.05) is 11.6 Å². The lowest BCUT2D eigenvalue weighted by Crippen LogP contribution is -2.46. The van der Waals surface area contributed by atoms with Gasteiger partial charge in [-0.05, 0) is 0 Å². The first-order chi connectivity index (χ1) is 8.84. The van der Waals surface area contributed by atoms with Crippen LogP contribution < -0.4 is 4.72 Å². The molecule has 0 aliphatic carbocycles. The summed E-state index contributed by atoms with van der Waals surface area (Å²) in [6, 6.07) is 0. The lowest BCUT2D eigenvalue weighted by atomic mass is 9.95. The van der Waals surface area contributed by atoms with Crippen LogP contribution in [0.5, 0.6) is 0 Å². The summed E-state index contributed by atoms with van der Waals surface area (Å²) >= 11 is 5.80. The summed E-state index contributed by atoms with van der Waals surface area (Å²) in [6.45, 7) is 0.773. The van der Waals surface area contributed by atoms with Crippen molar-refractivity contribution in [1.29, 1.82) is 0 Å². The number of halogens is 1. The van der Waals surface area contributed by atoms with Gasteiger partial charge in [-0.15, -0.1) is 0 Å². The van der Waals surface area contributed by atoms with E-state index in [0.717, 1.165) is 0 Å². The Kier molecular flexibility index (Phi) is 4.17. The molecule has 2 heterocycles. The molecule has 1 aromatic rings. The molecule has 0 atom stereocenters. The number of aromatic nitrogens is 2. The monoisotopic (exact) mass is 309 g/mol. The van der Waals surface area contributed by atoms with Crippen molar-refractivity contribution < 1.29 is 18.3 Å². The molecule has 1 aliphatic heterocycles. The highest BCUT2D eigenvalue weighted by atomic mass is 35.5. The van der Waals surface area contributed by atoms with Crippen molar-refractivity contribution in [2.24, 2.45) is 7.05 Å². The van der Waals surface area contributed by atoms with Crippen molar-refractivity contribution in [3.63, 3.8) is 0 Å². The first kappa shape index (κ1) is 14.7. The van der Waals surface area contributed by atoms with Crippen LogP contribution >= 0.6 is 11.6 Å². The number of sulfonamides is 1. The highest BCUT2D eigenvalue weighted by Crippen LogP contribution is 2.22. The summed E-state index contributed by atoms with van der Waals surface area (Å²) in [4.78, 5) is 0. The molecule has 1 aliphatic rings. The Labute approximate surface area is 116 Å². The highest BCUT2D eigenvalue weighted by Gasteiger charge is 2.32. The van der Waals surface area contributed by atoms with E-state index in [0.29, 0.717) is 26.1 Å². The van der Waals surface area contributed by atoms with Crippen molar-refractivity contribution in [3.8, 4) is 0 Å². The van der Waals surface area contributed by atoms with Crippen LogP contribution in [0.1, 0.15) is 12.8 Å². The molecule has 0 radical (unpaired) electrons. The Morgan fingerprint density at radius 1 is 1.58 bits per heavy atom. The number of ether oxygens (including phenoxy) is 1. The highest BCUT2D eigenvalue weighted by molar-refractivity contribution is 7.89. The zero-order chi connectivity index (χ0) is 14.1. The van der Waals surface area contributed by atoms with Crippen LogP contribution in [0.3, 0.4) is 0 Å². The topological polar surface area (TPSA) is 93.5 Å². The Balaban J connectivity index is 2.10. The molecular weight excluding hydrogens is 294 g/mol. The van der Waals surface area contributed by atoms with Crippen molar-refractivity contribution >= 4 is 21.6 Å². The smallest absolute Gasteiger partial charge is 0.259 e. The third kappa shape index (κ3) is 3.26. The Morgan fingerprint density at radius 3 is 2.74 bits per heavy atom. The summed E-state index contributed by atoms with van der Waals surface area (Å²) < 4.78 is 32.9. The van der Waals surface area contributed by atoms with E-state index in [1.165, 1.54) is 17.9 Å². The maximum absolute atomic E-state index is 12.1. The Hall–Kier alpha value is -0.670. The lowest BCUT2D eigenvalue weighted by Gasteiger charge is -2.31. The molecule has 0 bridgehead atoms. The number of aryl methyl sites for hydroxylation is 1. The number of aliphatic hydroxyl groups is 1. The van der Waals surface area contributed by atoms with Crippen LogP contribution in [-0.4, -0.2) is 48.7 Å². The predicted molar refractivity (Wildman–Crippen MR) is 68.4 cm³/mol. The van der Waals surface area contributed by atoms with Crippen LogP contribution in [0.25, 0.3) is 0 Å². The van der Waals surface area contributed by atoms with Gasteiger partial charge in [0.15, 0.2) is 5.03 Å². The summed E-state index contributed by atoms with van der Waals surface area (Å²) in [5.74, 6) is 0. The third-order valence-electron chi connectivity index (χ3n) is 3.11. The fourth-order valence-electron chi connectivity index (χ4n) is 1.93. The van der Waals surface area contributed by atoms with Crippen LogP contribution in [0.2, 0.25) is 5.02 Å². The van der Waals surface area contributed by atoms with Crippen molar-refractivity contribution in [1.82, 2.24) is 14.5 Å². The van der Waals surface area contributed by atoms with Crippen LogP contribution in [0.15, 0.2) is 11.2 Å². The van der Waals surface area contributed by atoms with E-state index < -0.39 is 15.6 Å². The zero-order valence-corrected chi connectivity index (χ0v) is 12.0. The number of nitrogens with zero attached hydrogens (tertiary/aromatic N) is 2. The molecule has 0 saturated carbocycles. The molecule has 9 heteroatoms. The third-order valence-corrected chi connectivity index (χ3v) is 5.02. The molecule has 0 aromatic carbocycles. The Bertz CT molecular complexity index is 532. The molecule has 7 nitrogen and oxygen atoms in total. The normalized spacial score (nSPS) is 19.5. The van der Waals surface area contributed by atoms with E-state index in [-0.39, 0.29) is 16.6 Å². The summed E-state index contributed by atoms with van der Waals surface area (Å²) in [5, 5.41) is 13.9. The molecule has 0 spiro atoms. The van der Waals surface area contributed by atoms with Gasteiger partial charge >= 0.3 is 0 Å². The van der Waals surface area contributed by atoms with Gasteiger partial charge in [0.05, 0.1) is 16.8 Å². The molecule has 2 N–H and O–H groups in total. The van der Waals surface area contributed by atoms with E-state index in [9.17, 15) is 13.5 Å². The van der Waals surface area contributed by atoms with Gasteiger partial charge < -0.3 is 9.84 Å². The van der Waals surface area contributed by atoms with Gasteiger partial charge in [-0.25, -0.2) is 13.1 Å². The second-order valence-corrected chi connectivity index (χ2v) is 6.67. The maximum Gasteiger partial charge on any atom is 0.259 e. The van der Waals surface area contributed by atoms with Gasteiger partial charge in [0.25, 0.3) is 10.0 Å². The lowest BCUT2D eigenvalue weighted by molar-refractivity contribution is -0.0588. The molecule has 108 valence electrons. The fourth-order valence-corrected chi connectivity index (χ4v) is 3.70.